The predicted molar refractivity (Wildman–Crippen MR) is 79.5 cm³/mol. The van der Waals surface area contributed by atoms with Gasteiger partial charge >= 0.3 is 5.97 Å². The number of hydrogen-bond donors (Lipinski definition) is 1. The normalized spacial score (nSPS) is 11.1. The van der Waals surface area contributed by atoms with Crippen molar-refractivity contribution >= 4 is 18.0 Å². The second-order valence-electron chi connectivity index (χ2n) is 5.15. The van der Waals surface area contributed by atoms with E-state index in [9.17, 15) is 14.0 Å². The van der Waals surface area contributed by atoms with Crippen LogP contribution in [0.25, 0.3) is 6.08 Å². The van der Waals surface area contributed by atoms with Gasteiger partial charge in [-0.2, -0.15) is 0 Å². The molecule has 114 valence electrons. The number of aliphatic carboxylic acids is 1. The van der Waals surface area contributed by atoms with E-state index >= 15 is 0 Å². The fourth-order valence-electron chi connectivity index (χ4n) is 1.94. The SMILES string of the molecule is CCN(CC(C)C)C(=O)c1ccc(C=CC(=O)O)c(F)c1. The summed E-state index contributed by atoms with van der Waals surface area (Å²) >= 11 is 0. The molecule has 1 aromatic rings. The first kappa shape index (κ1) is 16.9. The molecule has 0 saturated carbocycles. The molecule has 0 radical (unpaired) electrons. The molecule has 5 heteroatoms. The number of carbonyl (C=O) groups excluding carboxylic acids is 1. The number of nitrogens with zero attached hydrogens (tertiary/aromatic N) is 1. The van der Waals surface area contributed by atoms with Crippen molar-refractivity contribution in [1.82, 2.24) is 4.90 Å². The molecule has 4 nitrogen and oxygen atoms in total. The van der Waals surface area contributed by atoms with Gasteiger partial charge < -0.3 is 10.0 Å². The van der Waals surface area contributed by atoms with Crippen LogP contribution in [-0.4, -0.2) is 35.0 Å². The van der Waals surface area contributed by atoms with Crippen LogP contribution in [0.5, 0.6) is 0 Å². The van der Waals surface area contributed by atoms with Crippen LogP contribution in [0.15, 0.2) is 24.3 Å². The highest BCUT2D eigenvalue weighted by atomic mass is 19.1. The molecule has 0 atom stereocenters. The standard InChI is InChI=1S/C16H20FNO3/c1-4-18(10-11(2)3)16(21)13-6-5-12(14(17)9-13)7-8-15(19)20/h5-9,11H,4,10H2,1-3H3,(H,19,20). The molecule has 0 heterocycles. The Labute approximate surface area is 123 Å². The van der Waals surface area contributed by atoms with Crippen LogP contribution in [0, 0.1) is 11.7 Å². The zero-order valence-electron chi connectivity index (χ0n) is 12.5. The molecule has 0 saturated heterocycles. The third-order valence-corrected chi connectivity index (χ3v) is 2.91. The lowest BCUT2D eigenvalue weighted by Gasteiger charge is -2.23. The number of carbonyl (C=O) groups is 2. The summed E-state index contributed by atoms with van der Waals surface area (Å²) < 4.78 is 13.9. The Morgan fingerprint density at radius 3 is 2.52 bits per heavy atom. The molecule has 1 aromatic carbocycles. The summed E-state index contributed by atoms with van der Waals surface area (Å²) in [5.41, 5.74) is 0.406. The molecule has 21 heavy (non-hydrogen) atoms. The first-order valence-electron chi connectivity index (χ1n) is 6.85. The first-order valence-corrected chi connectivity index (χ1v) is 6.85. The molecule has 1 N–H and O–H groups in total. The lowest BCUT2D eigenvalue weighted by atomic mass is 10.1. The molecule has 0 unspecified atom stereocenters. The first-order chi connectivity index (χ1) is 9.85. The highest BCUT2D eigenvalue weighted by molar-refractivity contribution is 5.94. The van der Waals surface area contributed by atoms with Crippen LogP contribution < -0.4 is 0 Å². The van der Waals surface area contributed by atoms with Gasteiger partial charge in [0, 0.05) is 30.3 Å². The Morgan fingerprint density at radius 1 is 1.38 bits per heavy atom. The lowest BCUT2D eigenvalue weighted by molar-refractivity contribution is -0.131. The van der Waals surface area contributed by atoms with E-state index in [0.717, 1.165) is 18.2 Å². The van der Waals surface area contributed by atoms with Crippen LogP contribution in [0.2, 0.25) is 0 Å². The molecule has 1 rings (SSSR count). The highest BCUT2D eigenvalue weighted by Crippen LogP contribution is 2.15. The second kappa shape index (κ2) is 7.57. The number of halogens is 1. The van der Waals surface area contributed by atoms with Crippen molar-refractivity contribution in [1.29, 1.82) is 0 Å². The summed E-state index contributed by atoms with van der Waals surface area (Å²) in [6.45, 7) is 7.06. The van der Waals surface area contributed by atoms with Gasteiger partial charge in [0.25, 0.3) is 5.91 Å². The summed E-state index contributed by atoms with van der Waals surface area (Å²) in [6, 6.07) is 4.06. The van der Waals surface area contributed by atoms with E-state index in [2.05, 4.69) is 0 Å². The Bertz CT molecular complexity index is 552. The maximum absolute atomic E-state index is 13.9. The minimum Gasteiger partial charge on any atom is -0.478 e. The van der Waals surface area contributed by atoms with E-state index in [0.29, 0.717) is 19.0 Å². The molecule has 0 spiro atoms. The Balaban J connectivity index is 2.97. The quantitative estimate of drug-likeness (QED) is 0.820. The average Bonchev–Trinajstić information content (AvgIpc) is 2.42. The van der Waals surface area contributed by atoms with E-state index in [-0.39, 0.29) is 17.0 Å². The van der Waals surface area contributed by atoms with Gasteiger partial charge in [0.2, 0.25) is 0 Å². The van der Waals surface area contributed by atoms with Crippen molar-refractivity contribution < 1.29 is 19.1 Å². The second-order valence-corrected chi connectivity index (χ2v) is 5.15. The zero-order valence-corrected chi connectivity index (χ0v) is 12.5. The maximum atomic E-state index is 13.9. The van der Waals surface area contributed by atoms with Crippen LogP contribution in [0.3, 0.4) is 0 Å². The summed E-state index contributed by atoms with van der Waals surface area (Å²) in [4.78, 5) is 24.4. The van der Waals surface area contributed by atoms with Crippen LogP contribution in [0.1, 0.15) is 36.7 Å². The van der Waals surface area contributed by atoms with Gasteiger partial charge in [-0.25, -0.2) is 9.18 Å². The van der Waals surface area contributed by atoms with E-state index in [1.165, 1.54) is 12.1 Å². The minimum absolute atomic E-state index is 0.140. The average molecular weight is 293 g/mol. The maximum Gasteiger partial charge on any atom is 0.328 e. The zero-order chi connectivity index (χ0) is 16.0. The van der Waals surface area contributed by atoms with E-state index < -0.39 is 11.8 Å². The Morgan fingerprint density at radius 2 is 2.05 bits per heavy atom. The van der Waals surface area contributed by atoms with Gasteiger partial charge in [-0.15, -0.1) is 0 Å². The number of hydrogen-bond acceptors (Lipinski definition) is 2. The molecule has 0 aliphatic heterocycles. The third-order valence-electron chi connectivity index (χ3n) is 2.91. The number of carboxylic acid groups (broad SMARTS) is 1. The topological polar surface area (TPSA) is 57.6 Å². The lowest BCUT2D eigenvalue weighted by Crippen LogP contribution is -2.34. The summed E-state index contributed by atoms with van der Waals surface area (Å²) in [6.07, 6.45) is 2.02. The molecule has 0 fully saturated rings. The number of carboxylic acids is 1. The third kappa shape index (κ3) is 5.02. The smallest absolute Gasteiger partial charge is 0.328 e. The summed E-state index contributed by atoms with van der Waals surface area (Å²) in [5, 5.41) is 8.53. The Kier molecular flexibility index (Phi) is 6.09. The largest absolute Gasteiger partial charge is 0.478 e. The summed E-state index contributed by atoms with van der Waals surface area (Å²) in [7, 11) is 0. The Hall–Kier alpha value is -2.17. The van der Waals surface area contributed by atoms with Crippen LogP contribution in [-0.2, 0) is 4.79 Å². The fraction of sp³-hybridized carbons (Fsp3) is 0.375. The van der Waals surface area contributed by atoms with Crippen molar-refractivity contribution in [2.45, 2.75) is 20.8 Å². The highest BCUT2D eigenvalue weighted by Gasteiger charge is 2.16. The fourth-order valence-corrected chi connectivity index (χ4v) is 1.94. The van der Waals surface area contributed by atoms with Gasteiger partial charge in [-0.3, -0.25) is 4.79 Å². The molecule has 1 amide bonds. The summed E-state index contributed by atoms with van der Waals surface area (Å²) in [5.74, 6) is -1.65. The molecule has 0 aliphatic carbocycles. The predicted octanol–water partition coefficient (Wildman–Crippen LogP) is 3.04. The number of rotatable bonds is 6. The van der Waals surface area contributed by atoms with Crippen molar-refractivity contribution in [2.75, 3.05) is 13.1 Å². The van der Waals surface area contributed by atoms with Gasteiger partial charge in [0.15, 0.2) is 0 Å². The van der Waals surface area contributed by atoms with Crippen LogP contribution in [0.4, 0.5) is 4.39 Å². The van der Waals surface area contributed by atoms with E-state index in [1.807, 2.05) is 20.8 Å². The number of amides is 1. The molecular formula is C16H20FNO3. The van der Waals surface area contributed by atoms with Gasteiger partial charge in [0.1, 0.15) is 5.82 Å². The van der Waals surface area contributed by atoms with Crippen molar-refractivity contribution in [2.24, 2.45) is 5.92 Å². The molecule has 0 bridgehead atoms. The van der Waals surface area contributed by atoms with Crippen molar-refractivity contribution in [3.63, 3.8) is 0 Å². The molecule has 0 aromatic heterocycles. The minimum atomic E-state index is -1.15. The van der Waals surface area contributed by atoms with E-state index in [1.54, 1.807) is 4.90 Å². The monoisotopic (exact) mass is 293 g/mol. The number of benzene rings is 1. The van der Waals surface area contributed by atoms with Gasteiger partial charge in [-0.1, -0.05) is 19.9 Å². The van der Waals surface area contributed by atoms with Crippen molar-refractivity contribution in [3.8, 4) is 0 Å². The molecule has 0 aliphatic rings. The van der Waals surface area contributed by atoms with Crippen molar-refractivity contribution in [3.05, 3.63) is 41.2 Å². The van der Waals surface area contributed by atoms with Crippen LogP contribution >= 0.6 is 0 Å². The molecular weight excluding hydrogens is 273 g/mol. The van der Waals surface area contributed by atoms with E-state index in [4.69, 9.17) is 5.11 Å². The van der Waals surface area contributed by atoms with Gasteiger partial charge in [-0.05, 0) is 31.1 Å². The van der Waals surface area contributed by atoms with Gasteiger partial charge in [0.05, 0.1) is 0 Å².